The van der Waals surface area contributed by atoms with Crippen LogP contribution in [0.25, 0.3) is 10.6 Å². The number of rotatable bonds is 7. The molecule has 0 aliphatic carbocycles. The summed E-state index contributed by atoms with van der Waals surface area (Å²) in [5, 5.41) is 5.19. The van der Waals surface area contributed by atoms with E-state index >= 15 is 0 Å². The molecule has 1 fully saturated rings. The fraction of sp³-hybridized carbons (Fsp3) is 0.333. The number of thiazole rings is 1. The molecule has 0 saturated carbocycles. The Kier molecular flexibility index (Phi) is 6.88. The lowest BCUT2D eigenvalue weighted by Gasteiger charge is -2.23. The molecule has 1 aliphatic heterocycles. The number of nitrogens with zero attached hydrogens (tertiary/aromatic N) is 2. The lowest BCUT2D eigenvalue weighted by atomic mass is 10.1. The molecule has 1 amide bonds. The summed E-state index contributed by atoms with van der Waals surface area (Å²) in [6, 6.07) is 11.0. The summed E-state index contributed by atoms with van der Waals surface area (Å²) in [5.74, 6) is 0.300. The van der Waals surface area contributed by atoms with Crippen molar-refractivity contribution in [1.29, 1.82) is 0 Å². The lowest BCUT2D eigenvalue weighted by Crippen LogP contribution is -2.22. The van der Waals surface area contributed by atoms with Gasteiger partial charge in [-0.05, 0) is 50.1 Å². The monoisotopic (exact) mass is 475 g/mol. The van der Waals surface area contributed by atoms with Gasteiger partial charge in [0.05, 0.1) is 41.2 Å². The zero-order valence-corrected chi connectivity index (χ0v) is 18.9. The third kappa shape index (κ3) is 5.47. The van der Waals surface area contributed by atoms with E-state index in [1.54, 1.807) is 5.38 Å². The Morgan fingerprint density at radius 2 is 1.94 bits per heavy atom. The topological polar surface area (TPSA) is 54.5 Å². The standard InChI is InChI=1S/C24H24F3N3O2S/c1-2-32-21-8-4-3-7-18(21)23-28-17(15-33-23)14-22(31)29-19-13-16(24(25,26)27)9-10-20(19)30-11-5-6-12-30/h3-4,7-10,13,15H,2,5-6,11-12,14H2,1H3,(H,29,31). The number of hydrogen-bond acceptors (Lipinski definition) is 5. The van der Waals surface area contributed by atoms with Gasteiger partial charge in [0, 0.05) is 18.5 Å². The van der Waals surface area contributed by atoms with Crippen LogP contribution in [0.1, 0.15) is 31.0 Å². The van der Waals surface area contributed by atoms with E-state index in [0.717, 1.165) is 48.6 Å². The molecular formula is C24H24F3N3O2S. The van der Waals surface area contributed by atoms with Gasteiger partial charge < -0.3 is 15.0 Å². The van der Waals surface area contributed by atoms with E-state index in [2.05, 4.69) is 10.3 Å². The summed E-state index contributed by atoms with van der Waals surface area (Å²) < 4.78 is 45.5. The fourth-order valence-electron chi connectivity index (χ4n) is 3.84. The molecule has 3 aromatic rings. The quantitative estimate of drug-likeness (QED) is 0.455. The van der Waals surface area contributed by atoms with Crippen LogP contribution >= 0.6 is 11.3 Å². The molecule has 0 atom stereocenters. The minimum atomic E-state index is -4.49. The van der Waals surface area contributed by atoms with Crippen LogP contribution in [0, 0.1) is 0 Å². The average molecular weight is 476 g/mol. The average Bonchev–Trinajstić information content (AvgIpc) is 3.46. The molecule has 1 saturated heterocycles. The number of ether oxygens (including phenoxy) is 1. The van der Waals surface area contributed by atoms with E-state index in [4.69, 9.17) is 4.74 Å². The van der Waals surface area contributed by atoms with Gasteiger partial charge in [0.1, 0.15) is 10.8 Å². The Bertz CT molecular complexity index is 1120. The van der Waals surface area contributed by atoms with Crippen LogP contribution in [0.2, 0.25) is 0 Å². The Hall–Kier alpha value is -3.07. The van der Waals surface area contributed by atoms with E-state index < -0.39 is 17.6 Å². The summed E-state index contributed by atoms with van der Waals surface area (Å²) in [4.78, 5) is 19.3. The van der Waals surface area contributed by atoms with Crippen LogP contribution in [0.15, 0.2) is 47.8 Å². The van der Waals surface area contributed by atoms with E-state index in [0.29, 0.717) is 23.7 Å². The molecular weight excluding hydrogens is 451 g/mol. The summed E-state index contributed by atoms with van der Waals surface area (Å²) in [5.41, 5.74) is 1.38. The predicted molar refractivity (Wildman–Crippen MR) is 124 cm³/mol. The Morgan fingerprint density at radius 3 is 2.67 bits per heavy atom. The minimum absolute atomic E-state index is 0.0387. The van der Waals surface area contributed by atoms with Crippen molar-refractivity contribution in [3.63, 3.8) is 0 Å². The number of halogens is 3. The van der Waals surface area contributed by atoms with Crippen LogP contribution in [0.5, 0.6) is 5.75 Å². The molecule has 2 heterocycles. The number of para-hydroxylation sites is 1. The highest BCUT2D eigenvalue weighted by Crippen LogP contribution is 2.37. The van der Waals surface area contributed by atoms with Crippen LogP contribution in [0.4, 0.5) is 24.5 Å². The van der Waals surface area contributed by atoms with Crippen LogP contribution < -0.4 is 15.0 Å². The van der Waals surface area contributed by atoms with Gasteiger partial charge in [-0.25, -0.2) is 4.98 Å². The molecule has 9 heteroatoms. The Labute approximate surface area is 194 Å². The third-order valence-corrected chi connectivity index (χ3v) is 6.28. The number of hydrogen-bond donors (Lipinski definition) is 1. The Balaban J connectivity index is 1.52. The maximum atomic E-state index is 13.3. The fourth-order valence-corrected chi connectivity index (χ4v) is 4.69. The zero-order chi connectivity index (χ0) is 23.4. The second-order valence-corrected chi connectivity index (χ2v) is 8.58. The Morgan fingerprint density at radius 1 is 1.18 bits per heavy atom. The number of anilines is 2. The highest BCUT2D eigenvalue weighted by molar-refractivity contribution is 7.13. The number of carbonyl (C=O) groups is 1. The normalized spacial score (nSPS) is 13.9. The smallest absolute Gasteiger partial charge is 0.416 e. The molecule has 0 spiro atoms. The van der Waals surface area contributed by atoms with E-state index in [-0.39, 0.29) is 12.1 Å². The van der Waals surface area contributed by atoms with Crippen molar-refractivity contribution in [2.24, 2.45) is 0 Å². The van der Waals surface area contributed by atoms with Crippen molar-refractivity contribution in [3.05, 3.63) is 59.1 Å². The van der Waals surface area contributed by atoms with Gasteiger partial charge in [0.2, 0.25) is 5.91 Å². The maximum Gasteiger partial charge on any atom is 0.416 e. The zero-order valence-electron chi connectivity index (χ0n) is 18.1. The first-order chi connectivity index (χ1) is 15.8. The second kappa shape index (κ2) is 9.82. The van der Waals surface area contributed by atoms with Gasteiger partial charge in [0.25, 0.3) is 0 Å². The molecule has 1 aliphatic rings. The molecule has 0 radical (unpaired) electrons. The number of nitrogens with one attached hydrogen (secondary N) is 1. The number of carbonyl (C=O) groups excluding carboxylic acids is 1. The molecule has 33 heavy (non-hydrogen) atoms. The summed E-state index contributed by atoms with van der Waals surface area (Å²) in [7, 11) is 0. The van der Waals surface area contributed by atoms with Gasteiger partial charge in [-0.2, -0.15) is 13.2 Å². The lowest BCUT2D eigenvalue weighted by molar-refractivity contribution is -0.137. The van der Waals surface area contributed by atoms with E-state index in [1.807, 2.05) is 36.1 Å². The number of alkyl halides is 3. The second-order valence-electron chi connectivity index (χ2n) is 7.72. The molecule has 2 aromatic carbocycles. The number of aromatic nitrogens is 1. The first kappa shape index (κ1) is 23.1. The molecule has 1 aromatic heterocycles. The van der Waals surface area contributed by atoms with Gasteiger partial charge in [-0.1, -0.05) is 12.1 Å². The van der Waals surface area contributed by atoms with Crippen LogP contribution in [-0.2, 0) is 17.4 Å². The number of benzene rings is 2. The highest BCUT2D eigenvalue weighted by atomic mass is 32.1. The van der Waals surface area contributed by atoms with Crippen LogP contribution in [-0.4, -0.2) is 30.6 Å². The summed E-state index contributed by atoms with van der Waals surface area (Å²) in [6.07, 6.45) is -2.58. The van der Waals surface area contributed by atoms with Gasteiger partial charge in [-0.3, -0.25) is 4.79 Å². The highest BCUT2D eigenvalue weighted by Gasteiger charge is 2.32. The van der Waals surface area contributed by atoms with E-state index in [1.165, 1.54) is 17.4 Å². The van der Waals surface area contributed by atoms with Gasteiger partial charge >= 0.3 is 6.18 Å². The molecule has 5 nitrogen and oxygen atoms in total. The molecule has 174 valence electrons. The molecule has 0 unspecified atom stereocenters. The van der Waals surface area contributed by atoms with Gasteiger partial charge in [-0.15, -0.1) is 11.3 Å². The van der Waals surface area contributed by atoms with Crippen molar-refractivity contribution >= 4 is 28.6 Å². The van der Waals surface area contributed by atoms with Crippen molar-refractivity contribution in [2.75, 3.05) is 29.9 Å². The minimum Gasteiger partial charge on any atom is -0.493 e. The summed E-state index contributed by atoms with van der Waals surface area (Å²) in [6.45, 7) is 3.93. The molecule has 4 rings (SSSR count). The first-order valence-electron chi connectivity index (χ1n) is 10.8. The number of amides is 1. The van der Waals surface area contributed by atoms with Crippen molar-refractivity contribution in [2.45, 2.75) is 32.4 Å². The third-order valence-electron chi connectivity index (χ3n) is 5.36. The van der Waals surface area contributed by atoms with Crippen molar-refractivity contribution in [1.82, 2.24) is 4.98 Å². The summed E-state index contributed by atoms with van der Waals surface area (Å²) >= 11 is 1.39. The van der Waals surface area contributed by atoms with Crippen molar-refractivity contribution < 1.29 is 22.7 Å². The van der Waals surface area contributed by atoms with E-state index in [9.17, 15) is 18.0 Å². The maximum absolute atomic E-state index is 13.3. The first-order valence-corrected chi connectivity index (χ1v) is 11.7. The SMILES string of the molecule is CCOc1ccccc1-c1nc(CC(=O)Nc2cc(C(F)(F)F)ccc2N2CCCC2)cs1. The van der Waals surface area contributed by atoms with Gasteiger partial charge in [0.15, 0.2) is 0 Å². The largest absolute Gasteiger partial charge is 0.493 e. The van der Waals surface area contributed by atoms with Crippen molar-refractivity contribution in [3.8, 4) is 16.3 Å². The predicted octanol–water partition coefficient (Wildman–Crippen LogP) is 6.01. The molecule has 1 N–H and O–H groups in total. The molecule has 0 bridgehead atoms. The van der Waals surface area contributed by atoms with Crippen LogP contribution in [0.3, 0.4) is 0 Å².